The van der Waals surface area contributed by atoms with E-state index in [9.17, 15) is 4.79 Å². The lowest BCUT2D eigenvalue weighted by atomic mass is 10.1. The number of para-hydroxylation sites is 1. The van der Waals surface area contributed by atoms with E-state index in [1.165, 1.54) is 4.68 Å². The molecule has 0 saturated carbocycles. The summed E-state index contributed by atoms with van der Waals surface area (Å²) >= 11 is 2.24. The van der Waals surface area contributed by atoms with E-state index < -0.39 is 0 Å². The summed E-state index contributed by atoms with van der Waals surface area (Å²) in [6, 6.07) is 32.8. The molecular formula is C37H28IN3O5. The van der Waals surface area contributed by atoms with Crippen LogP contribution in [0.3, 0.4) is 0 Å². The average molecular weight is 722 g/mol. The molecule has 0 fully saturated rings. The fourth-order valence-electron chi connectivity index (χ4n) is 5.47. The zero-order chi connectivity index (χ0) is 31.6. The highest BCUT2D eigenvalue weighted by Crippen LogP contribution is 2.36. The molecule has 0 aliphatic heterocycles. The zero-order valence-electron chi connectivity index (χ0n) is 25.1. The highest BCUT2D eigenvalue weighted by atomic mass is 127. The third-order valence-corrected chi connectivity index (χ3v) is 8.42. The monoisotopic (exact) mass is 721 g/mol. The van der Waals surface area contributed by atoms with Crippen molar-refractivity contribution in [2.45, 2.75) is 13.5 Å². The van der Waals surface area contributed by atoms with Gasteiger partial charge in [0, 0.05) is 0 Å². The molecule has 9 heteroatoms. The van der Waals surface area contributed by atoms with Gasteiger partial charge in [-0.25, -0.2) is 4.98 Å². The van der Waals surface area contributed by atoms with E-state index in [-0.39, 0.29) is 11.4 Å². The minimum absolute atomic E-state index is 0.271. The van der Waals surface area contributed by atoms with E-state index in [1.807, 2.05) is 67.6 Å². The average Bonchev–Trinajstić information content (AvgIpc) is 3.52. The van der Waals surface area contributed by atoms with Crippen LogP contribution in [0.2, 0.25) is 0 Å². The summed E-state index contributed by atoms with van der Waals surface area (Å²) in [6.07, 6.45) is 1.61. The highest BCUT2D eigenvalue weighted by molar-refractivity contribution is 14.1. The van der Waals surface area contributed by atoms with Crippen LogP contribution in [-0.2, 0) is 6.61 Å². The van der Waals surface area contributed by atoms with Crippen LogP contribution in [0.25, 0.3) is 44.2 Å². The summed E-state index contributed by atoms with van der Waals surface area (Å²) in [7, 11) is 1.60. The number of aromatic nitrogens is 2. The van der Waals surface area contributed by atoms with Crippen molar-refractivity contribution < 1.29 is 18.6 Å². The van der Waals surface area contributed by atoms with Crippen LogP contribution in [0.4, 0.5) is 0 Å². The van der Waals surface area contributed by atoms with Gasteiger partial charge in [0.2, 0.25) is 5.82 Å². The Morgan fingerprint density at radius 3 is 2.50 bits per heavy atom. The summed E-state index contributed by atoms with van der Waals surface area (Å²) in [6.45, 7) is 2.76. The van der Waals surface area contributed by atoms with Crippen molar-refractivity contribution in [2.24, 2.45) is 5.10 Å². The molecule has 5 aromatic carbocycles. The number of ether oxygens (including phenoxy) is 3. The molecule has 7 rings (SSSR count). The molecule has 46 heavy (non-hydrogen) atoms. The van der Waals surface area contributed by atoms with Gasteiger partial charge >= 0.3 is 0 Å². The number of fused-ring (bicyclic) bond motifs is 3. The molecule has 0 aliphatic carbocycles. The number of rotatable bonds is 9. The molecule has 0 radical (unpaired) electrons. The van der Waals surface area contributed by atoms with Crippen LogP contribution < -0.4 is 19.8 Å². The number of hydrogen-bond donors (Lipinski definition) is 0. The molecule has 7 aromatic rings. The van der Waals surface area contributed by atoms with Crippen molar-refractivity contribution in [1.29, 1.82) is 0 Å². The number of furan rings is 1. The molecule has 0 unspecified atom stereocenters. The maximum atomic E-state index is 13.8. The first-order valence-corrected chi connectivity index (χ1v) is 15.8. The predicted molar refractivity (Wildman–Crippen MR) is 189 cm³/mol. The second kappa shape index (κ2) is 12.7. The third-order valence-electron chi connectivity index (χ3n) is 7.62. The van der Waals surface area contributed by atoms with Gasteiger partial charge in [-0.3, -0.25) is 4.79 Å². The van der Waals surface area contributed by atoms with Gasteiger partial charge < -0.3 is 18.6 Å². The Balaban J connectivity index is 1.27. The number of benzene rings is 5. The zero-order valence-corrected chi connectivity index (χ0v) is 27.2. The Hall–Kier alpha value is -5.16. The molecule has 8 nitrogen and oxygen atoms in total. The summed E-state index contributed by atoms with van der Waals surface area (Å²) in [5.41, 5.74) is 2.65. The lowest BCUT2D eigenvalue weighted by molar-refractivity contribution is 0.268. The summed E-state index contributed by atoms with van der Waals surface area (Å²) in [4.78, 5) is 18.6. The molecule has 0 N–H and O–H groups in total. The molecule has 0 amide bonds. The van der Waals surface area contributed by atoms with Crippen LogP contribution in [0.15, 0.2) is 117 Å². The van der Waals surface area contributed by atoms with Gasteiger partial charge in [0.15, 0.2) is 17.3 Å². The molecule has 0 aliphatic rings. The normalized spacial score (nSPS) is 11.5. The Bertz CT molecular complexity index is 2320. The quantitative estimate of drug-likeness (QED) is 0.110. The van der Waals surface area contributed by atoms with E-state index in [2.05, 4.69) is 52.0 Å². The Morgan fingerprint density at radius 2 is 1.65 bits per heavy atom. The fraction of sp³-hybridized carbons (Fsp3) is 0.108. The Labute approximate surface area is 278 Å². The molecule has 0 bridgehead atoms. The molecule has 2 aromatic heterocycles. The van der Waals surface area contributed by atoms with Crippen molar-refractivity contribution >= 4 is 61.5 Å². The minimum atomic E-state index is -0.320. The third kappa shape index (κ3) is 5.58. The van der Waals surface area contributed by atoms with E-state index in [0.29, 0.717) is 52.7 Å². The van der Waals surface area contributed by atoms with E-state index in [0.717, 1.165) is 30.9 Å². The number of halogens is 1. The maximum Gasteiger partial charge on any atom is 0.282 e. The van der Waals surface area contributed by atoms with Crippen LogP contribution in [0.5, 0.6) is 17.2 Å². The van der Waals surface area contributed by atoms with E-state index in [4.69, 9.17) is 23.6 Å². The number of hydrogen-bond acceptors (Lipinski definition) is 7. The molecular weight excluding hydrogens is 693 g/mol. The molecule has 2 heterocycles. The van der Waals surface area contributed by atoms with Crippen LogP contribution in [0, 0.1) is 3.57 Å². The minimum Gasteiger partial charge on any atom is -0.496 e. The lowest BCUT2D eigenvalue weighted by Crippen LogP contribution is -2.20. The molecule has 0 atom stereocenters. The fourth-order valence-corrected chi connectivity index (χ4v) is 6.25. The van der Waals surface area contributed by atoms with E-state index in [1.54, 1.807) is 31.5 Å². The second-order valence-corrected chi connectivity index (χ2v) is 11.6. The standard InChI is InChI=1S/C37H28IN3O5/c1-3-44-33-19-23(18-29(38)35(33)45-22-25-12-8-11-24-10-4-5-13-26(24)25)21-39-41-36(40-30-15-7-6-14-27(30)37(41)42)34-20-28-31(43-2)16-9-17-32(28)46-34/h4-21H,3,22H2,1-2H3. The SMILES string of the molecule is CCOc1cc(C=Nn2c(-c3cc4c(OC)cccc4o3)nc3ccccc3c2=O)cc(I)c1OCc1cccc2ccccc12. The van der Waals surface area contributed by atoms with Gasteiger partial charge in [0.25, 0.3) is 5.56 Å². The van der Waals surface area contributed by atoms with Crippen molar-refractivity contribution in [1.82, 2.24) is 9.66 Å². The van der Waals surface area contributed by atoms with Crippen molar-refractivity contribution in [3.8, 4) is 28.8 Å². The van der Waals surface area contributed by atoms with Crippen molar-refractivity contribution in [3.05, 3.63) is 128 Å². The molecule has 0 spiro atoms. The predicted octanol–water partition coefficient (Wildman–Crippen LogP) is 8.44. The Morgan fingerprint density at radius 1 is 0.870 bits per heavy atom. The van der Waals surface area contributed by atoms with Crippen molar-refractivity contribution in [2.75, 3.05) is 13.7 Å². The first-order chi connectivity index (χ1) is 22.5. The van der Waals surface area contributed by atoms with Gasteiger partial charge in [-0.15, -0.1) is 0 Å². The topological polar surface area (TPSA) is 88.1 Å². The number of nitrogens with zero attached hydrogens (tertiary/aromatic N) is 3. The summed E-state index contributed by atoms with van der Waals surface area (Å²) < 4.78 is 26.2. The number of methoxy groups -OCH3 is 1. The van der Waals surface area contributed by atoms with E-state index >= 15 is 0 Å². The van der Waals surface area contributed by atoms with Crippen LogP contribution >= 0.6 is 22.6 Å². The van der Waals surface area contributed by atoms with Crippen molar-refractivity contribution in [3.63, 3.8) is 0 Å². The maximum absolute atomic E-state index is 13.8. The summed E-state index contributed by atoms with van der Waals surface area (Å²) in [5, 5.41) is 8.16. The van der Waals surface area contributed by atoms with Gasteiger partial charge in [-0.05, 0) is 93.9 Å². The first kappa shape index (κ1) is 29.5. The van der Waals surface area contributed by atoms with Crippen LogP contribution in [-0.4, -0.2) is 29.6 Å². The first-order valence-electron chi connectivity index (χ1n) is 14.7. The van der Waals surface area contributed by atoms with Gasteiger partial charge in [0.1, 0.15) is 17.9 Å². The van der Waals surface area contributed by atoms with Gasteiger partial charge in [0.05, 0.1) is 39.8 Å². The second-order valence-electron chi connectivity index (χ2n) is 10.5. The Kier molecular flexibility index (Phi) is 8.15. The smallest absolute Gasteiger partial charge is 0.282 e. The highest BCUT2D eigenvalue weighted by Gasteiger charge is 2.18. The van der Waals surface area contributed by atoms with Gasteiger partial charge in [-0.1, -0.05) is 60.7 Å². The molecule has 0 saturated heterocycles. The molecule has 228 valence electrons. The summed E-state index contributed by atoms with van der Waals surface area (Å²) in [5.74, 6) is 2.55. The van der Waals surface area contributed by atoms with Gasteiger partial charge in [-0.2, -0.15) is 9.78 Å². The van der Waals surface area contributed by atoms with Crippen LogP contribution in [0.1, 0.15) is 18.1 Å². The lowest BCUT2D eigenvalue weighted by Gasteiger charge is -2.15. The largest absolute Gasteiger partial charge is 0.496 e.